The van der Waals surface area contributed by atoms with Crippen molar-refractivity contribution in [2.45, 2.75) is 20.0 Å². The summed E-state index contributed by atoms with van der Waals surface area (Å²) in [6, 6.07) is 10.2. The fourth-order valence-corrected chi connectivity index (χ4v) is 2.17. The van der Waals surface area contributed by atoms with Crippen LogP contribution in [0.3, 0.4) is 0 Å². The molecule has 0 fully saturated rings. The van der Waals surface area contributed by atoms with E-state index in [1.807, 2.05) is 26.0 Å². The molecule has 7 nitrogen and oxygen atoms in total. The van der Waals surface area contributed by atoms with Gasteiger partial charge in [0.05, 0.1) is 18.4 Å². The highest BCUT2D eigenvalue weighted by molar-refractivity contribution is 6.06. The number of carbonyl (C=O) groups is 2. The smallest absolute Gasteiger partial charge is 0.269 e. The normalized spacial score (nSPS) is 10.5. The molecule has 0 aliphatic rings. The van der Waals surface area contributed by atoms with Crippen molar-refractivity contribution in [3.63, 3.8) is 0 Å². The molecule has 0 aliphatic carbocycles. The van der Waals surface area contributed by atoms with Gasteiger partial charge >= 0.3 is 0 Å². The summed E-state index contributed by atoms with van der Waals surface area (Å²) in [6.45, 7) is 4.60. The molecule has 2 amide bonds. The molecule has 1 aromatic carbocycles. The summed E-state index contributed by atoms with van der Waals surface area (Å²) in [5.41, 5.74) is 1.06. The standard InChI is InChI=1S/C19H23N3O4/c1-13(2)26-17-7-5-4-6-15(17)22-18(23)14-8-9-20-16(12-14)19(24)21-10-11-25-3/h4-9,12-13H,10-11H2,1-3H3,(H,21,24)(H,22,23). The molecule has 26 heavy (non-hydrogen) atoms. The number of benzene rings is 1. The first-order valence-corrected chi connectivity index (χ1v) is 8.31. The summed E-state index contributed by atoms with van der Waals surface area (Å²) in [7, 11) is 1.55. The Morgan fingerprint density at radius 3 is 2.65 bits per heavy atom. The Morgan fingerprint density at radius 2 is 1.92 bits per heavy atom. The first-order valence-electron chi connectivity index (χ1n) is 8.31. The van der Waals surface area contributed by atoms with E-state index in [1.54, 1.807) is 25.3 Å². The molecule has 0 radical (unpaired) electrons. The van der Waals surface area contributed by atoms with Crippen LogP contribution in [0.5, 0.6) is 5.75 Å². The van der Waals surface area contributed by atoms with Crippen molar-refractivity contribution in [3.05, 3.63) is 53.9 Å². The number of nitrogens with zero attached hydrogens (tertiary/aromatic N) is 1. The Kier molecular flexibility index (Phi) is 7.11. The SMILES string of the molecule is COCCNC(=O)c1cc(C(=O)Nc2ccccc2OC(C)C)ccn1. The second-order valence-electron chi connectivity index (χ2n) is 5.80. The van der Waals surface area contributed by atoms with Gasteiger partial charge in [0.1, 0.15) is 11.4 Å². The van der Waals surface area contributed by atoms with Crippen molar-refractivity contribution in [2.75, 3.05) is 25.6 Å². The minimum Gasteiger partial charge on any atom is -0.489 e. The number of aromatic nitrogens is 1. The van der Waals surface area contributed by atoms with Crippen molar-refractivity contribution in [1.82, 2.24) is 10.3 Å². The lowest BCUT2D eigenvalue weighted by Gasteiger charge is -2.15. The van der Waals surface area contributed by atoms with Gasteiger partial charge in [0.25, 0.3) is 11.8 Å². The minimum atomic E-state index is -0.361. The number of pyridine rings is 1. The maximum atomic E-state index is 12.5. The number of carbonyl (C=O) groups excluding carboxylic acids is 2. The highest BCUT2D eigenvalue weighted by Gasteiger charge is 2.14. The van der Waals surface area contributed by atoms with Crippen molar-refractivity contribution >= 4 is 17.5 Å². The summed E-state index contributed by atoms with van der Waals surface area (Å²) in [5, 5.41) is 5.48. The van der Waals surface area contributed by atoms with Gasteiger partial charge in [-0.25, -0.2) is 0 Å². The van der Waals surface area contributed by atoms with Crippen LogP contribution in [0, 0.1) is 0 Å². The molecule has 0 saturated heterocycles. The molecule has 2 aromatic rings. The van der Waals surface area contributed by atoms with E-state index in [-0.39, 0.29) is 23.6 Å². The number of methoxy groups -OCH3 is 1. The van der Waals surface area contributed by atoms with Gasteiger partial charge in [0.15, 0.2) is 0 Å². The molecule has 0 atom stereocenters. The first-order chi connectivity index (χ1) is 12.5. The Labute approximate surface area is 152 Å². The number of hydrogen-bond donors (Lipinski definition) is 2. The number of ether oxygens (including phenoxy) is 2. The zero-order chi connectivity index (χ0) is 18.9. The lowest BCUT2D eigenvalue weighted by Crippen LogP contribution is -2.28. The maximum Gasteiger partial charge on any atom is 0.269 e. The van der Waals surface area contributed by atoms with Crippen LogP contribution >= 0.6 is 0 Å². The van der Waals surface area contributed by atoms with Gasteiger partial charge in [-0.1, -0.05) is 12.1 Å². The number of anilines is 1. The van der Waals surface area contributed by atoms with Gasteiger partial charge in [-0.2, -0.15) is 0 Å². The Bertz CT molecular complexity index is 762. The quantitative estimate of drug-likeness (QED) is 0.709. The predicted octanol–water partition coefficient (Wildman–Crippen LogP) is 2.50. The average Bonchev–Trinajstić information content (AvgIpc) is 2.63. The van der Waals surface area contributed by atoms with E-state index in [0.29, 0.717) is 30.2 Å². The first kappa shape index (κ1) is 19.4. The van der Waals surface area contributed by atoms with E-state index < -0.39 is 0 Å². The van der Waals surface area contributed by atoms with E-state index in [0.717, 1.165) is 0 Å². The van der Waals surface area contributed by atoms with E-state index in [9.17, 15) is 9.59 Å². The Morgan fingerprint density at radius 1 is 1.15 bits per heavy atom. The van der Waals surface area contributed by atoms with Crippen molar-refractivity contribution in [2.24, 2.45) is 0 Å². The number of hydrogen-bond acceptors (Lipinski definition) is 5. The highest BCUT2D eigenvalue weighted by atomic mass is 16.5. The monoisotopic (exact) mass is 357 g/mol. The van der Waals surface area contributed by atoms with E-state index in [2.05, 4.69) is 15.6 Å². The van der Waals surface area contributed by atoms with Crippen LogP contribution in [0.25, 0.3) is 0 Å². The molecule has 2 N–H and O–H groups in total. The topological polar surface area (TPSA) is 89.5 Å². The molecule has 0 aliphatic heterocycles. The molecule has 0 bridgehead atoms. The lowest BCUT2D eigenvalue weighted by molar-refractivity contribution is 0.0932. The van der Waals surface area contributed by atoms with Crippen molar-refractivity contribution < 1.29 is 19.1 Å². The number of nitrogens with one attached hydrogen (secondary N) is 2. The van der Waals surface area contributed by atoms with E-state index >= 15 is 0 Å². The van der Waals surface area contributed by atoms with Crippen LogP contribution in [-0.4, -0.2) is 43.2 Å². The zero-order valence-corrected chi connectivity index (χ0v) is 15.1. The largest absolute Gasteiger partial charge is 0.489 e. The zero-order valence-electron chi connectivity index (χ0n) is 15.1. The molecule has 0 saturated carbocycles. The fraction of sp³-hybridized carbons (Fsp3) is 0.316. The van der Waals surface area contributed by atoms with Gasteiger partial charge in [-0.15, -0.1) is 0 Å². The van der Waals surface area contributed by atoms with Gasteiger partial charge in [0, 0.05) is 25.4 Å². The predicted molar refractivity (Wildman–Crippen MR) is 98.6 cm³/mol. The summed E-state index contributed by atoms with van der Waals surface area (Å²) >= 11 is 0. The van der Waals surface area contributed by atoms with Crippen LogP contribution in [0.1, 0.15) is 34.7 Å². The molecular formula is C19H23N3O4. The molecule has 138 valence electrons. The molecule has 1 heterocycles. The second-order valence-corrected chi connectivity index (χ2v) is 5.80. The van der Waals surface area contributed by atoms with Crippen LogP contribution < -0.4 is 15.4 Å². The highest BCUT2D eigenvalue weighted by Crippen LogP contribution is 2.25. The van der Waals surface area contributed by atoms with Crippen LogP contribution in [0.15, 0.2) is 42.6 Å². The molecular weight excluding hydrogens is 334 g/mol. The van der Waals surface area contributed by atoms with E-state index in [4.69, 9.17) is 9.47 Å². The third-order valence-electron chi connectivity index (χ3n) is 3.34. The molecule has 0 spiro atoms. The number of rotatable bonds is 8. The number of amides is 2. The molecule has 1 aromatic heterocycles. The van der Waals surface area contributed by atoms with Crippen molar-refractivity contribution in [1.29, 1.82) is 0 Å². The minimum absolute atomic E-state index is 0.0172. The lowest BCUT2D eigenvalue weighted by atomic mass is 10.2. The van der Waals surface area contributed by atoms with Gasteiger partial charge in [-0.05, 0) is 38.1 Å². The third kappa shape index (κ3) is 5.56. The third-order valence-corrected chi connectivity index (χ3v) is 3.34. The average molecular weight is 357 g/mol. The summed E-state index contributed by atoms with van der Waals surface area (Å²) in [6.07, 6.45) is 1.41. The van der Waals surface area contributed by atoms with Gasteiger partial charge < -0.3 is 20.1 Å². The van der Waals surface area contributed by atoms with Crippen LogP contribution in [-0.2, 0) is 4.74 Å². The van der Waals surface area contributed by atoms with Crippen LogP contribution in [0.2, 0.25) is 0 Å². The van der Waals surface area contributed by atoms with Gasteiger partial charge in [-0.3, -0.25) is 14.6 Å². The van der Waals surface area contributed by atoms with Crippen molar-refractivity contribution in [3.8, 4) is 5.75 Å². The van der Waals surface area contributed by atoms with Crippen LogP contribution in [0.4, 0.5) is 5.69 Å². The maximum absolute atomic E-state index is 12.5. The Balaban J connectivity index is 2.11. The second kappa shape index (κ2) is 9.53. The van der Waals surface area contributed by atoms with E-state index in [1.165, 1.54) is 12.3 Å². The molecule has 2 rings (SSSR count). The molecule has 0 unspecified atom stereocenters. The summed E-state index contributed by atoms with van der Waals surface area (Å²) < 4.78 is 10.6. The van der Waals surface area contributed by atoms with Gasteiger partial charge in [0.2, 0.25) is 0 Å². The summed E-state index contributed by atoms with van der Waals surface area (Å²) in [5.74, 6) is -0.124. The summed E-state index contributed by atoms with van der Waals surface area (Å²) in [4.78, 5) is 28.6. The molecule has 7 heteroatoms. The fourth-order valence-electron chi connectivity index (χ4n) is 2.17. The Hall–Kier alpha value is -2.93. The number of para-hydroxylation sites is 2.